The van der Waals surface area contributed by atoms with Crippen molar-refractivity contribution in [2.45, 2.75) is 19.8 Å². The molecule has 0 aliphatic rings. The van der Waals surface area contributed by atoms with E-state index in [2.05, 4.69) is 0 Å². The van der Waals surface area contributed by atoms with E-state index in [1.165, 1.54) is 0 Å². The van der Waals surface area contributed by atoms with Crippen molar-refractivity contribution in [3.8, 4) is 0 Å². The number of Topliss-reactive ketones (excluding diaryl/α,β-unsaturated/α-hetero) is 1. The van der Waals surface area contributed by atoms with Crippen LogP contribution in [0.2, 0.25) is 0 Å². The van der Waals surface area contributed by atoms with Gasteiger partial charge >= 0.3 is 5.97 Å². The molecule has 0 aromatic heterocycles. The number of ketones is 1. The Kier molecular flexibility index (Phi) is 3.02. The molecule has 0 fully saturated rings. The maximum atomic E-state index is 11.0. The van der Waals surface area contributed by atoms with Gasteiger partial charge in [0, 0.05) is 5.56 Å². The molecule has 74 valence electrons. The second-order valence-corrected chi connectivity index (χ2v) is 3.41. The molecule has 0 aliphatic heterocycles. The number of aliphatic carboxylic acids is 1. The van der Waals surface area contributed by atoms with E-state index >= 15 is 0 Å². The first-order valence-electron chi connectivity index (χ1n) is 4.40. The highest BCUT2D eigenvalue weighted by Crippen LogP contribution is 2.14. The van der Waals surface area contributed by atoms with Crippen LogP contribution in [-0.2, 0) is 4.79 Å². The maximum absolute atomic E-state index is 11.0. The topological polar surface area (TPSA) is 54.4 Å². The molecule has 3 heteroatoms. The van der Waals surface area contributed by atoms with Crippen LogP contribution in [0.4, 0.5) is 0 Å². The summed E-state index contributed by atoms with van der Waals surface area (Å²) in [5.74, 6) is -1.90. The van der Waals surface area contributed by atoms with Gasteiger partial charge in [0.2, 0.25) is 0 Å². The van der Waals surface area contributed by atoms with E-state index in [1.54, 1.807) is 24.3 Å². The third kappa shape index (κ3) is 2.19. The average Bonchev–Trinajstić information content (AvgIpc) is 2.16. The van der Waals surface area contributed by atoms with E-state index in [0.717, 1.165) is 5.56 Å². The van der Waals surface area contributed by atoms with Crippen molar-refractivity contribution in [3.63, 3.8) is 0 Å². The molecule has 1 aromatic carbocycles. The molecule has 14 heavy (non-hydrogen) atoms. The van der Waals surface area contributed by atoms with Crippen molar-refractivity contribution in [1.29, 1.82) is 0 Å². The Morgan fingerprint density at radius 3 is 2.00 bits per heavy atom. The normalized spacial score (nSPS) is 10.2. The van der Waals surface area contributed by atoms with Crippen LogP contribution >= 0.6 is 0 Å². The third-order valence-corrected chi connectivity index (χ3v) is 2.03. The van der Waals surface area contributed by atoms with Crippen molar-refractivity contribution in [1.82, 2.24) is 0 Å². The minimum atomic E-state index is -1.41. The quantitative estimate of drug-likeness (QED) is 0.589. The first kappa shape index (κ1) is 10.4. The Hall–Kier alpha value is -1.64. The molecule has 3 nitrogen and oxygen atoms in total. The summed E-state index contributed by atoms with van der Waals surface area (Å²) in [5.41, 5.74) is 1.31. The van der Waals surface area contributed by atoms with Gasteiger partial charge in [-0.2, -0.15) is 0 Å². The van der Waals surface area contributed by atoms with Crippen LogP contribution in [0, 0.1) is 0 Å². The predicted molar refractivity (Wildman–Crippen MR) is 52.5 cm³/mol. The fourth-order valence-electron chi connectivity index (χ4n) is 1.14. The SMILES string of the molecule is CC(C)c1ccc(C(=O)C(=O)O)cc1. The fourth-order valence-corrected chi connectivity index (χ4v) is 1.14. The minimum absolute atomic E-state index is 0.224. The number of rotatable bonds is 3. The van der Waals surface area contributed by atoms with E-state index in [4.69, 9.17) is 5.11 Å². The van der Waals surface area contributed by atoms with E-state index in [-0.39, 0.29) is 5.56 Å². The van der Waals surface area contributed by atoms with Crippen LogP contribution in [0.15, 0.2) is 24.3 Å². The summed E-state index contributed by atoms with van der Waals surface area (Å²) in [5, 5.41) is 8.46. The Morgan fingerprint density at radius 2 is 1.64 bits per heavy atom. The molecule has 0 atom stereocenters. The molecular weight excluding hydrogens is 180 g/mol. The maximum Gasteiger partial charge on any atom is 0.377 e. The highest BCUT2D eigenvalue weighted by molar-refractivity contribution is 6.39. The minimum Gasteiger partial charge on any atom is -0.475 e. The van der Waals surface area contributed by atoms with Crippen LogP contribution in [0.3, 0.4) is 0 Å². The number of hydrogen-bond acceptors (Lipinski definition) is 2. The Labute approximate surface area is 82.4 Å². The first-order chi connectivity index (χ1) is 6.52. The number of hydrogen-bond donors (Lipinski definition) is 1. The molecule has 1 aromatic rings. The van der Waals surface area contributed by atoms with Gasteiger partial charge in [0.1, 0.15) is 0 Å². The highest BCUT2D eigenvalue weighted by Gasteiger charge is 2.13. The third-order valence-electron chi connectivity index (χ3n) is 2.03. The molecule has 0 heterocycles. The van der Waals surface area contributed by atoms with E-state index in [9.17, 15) is 9.59 Å². The van der Waals surface area contributed by atoms with Crippen molar-refractivity contribution in [2.75, 3.05) is 0 Å². The van der Waals surface area contributed by atoms with Crippen LogP contribution in [-0.4, -0.2) is 16.9 Å². The summed E-state index contributed by atoms with van der Waals surface area (Å²) in [6.45, 7) is 4.07. The zero-order valence-corrected chi connectivity index (χ0v) is 8.15. The monoisotopic (exact) mass is 192 g/mol. The predicted octanol–water partition coefficient (Wildman–Crippen LogP) is 2.08. The van der Waals surface area contributed by atoms with Crippen LogP contribution in [0.25, 0.3) is 0 Å². The Balaban J connectivity index is 2.94. The van der Waals surface area contributed by atoms with Gasteiger partial charge < -0.3 is 5.11 Å². The van der Waals surface area contributed by atoms with Crippen molar-refractivity contribution in [2.24, 2.45) is 0 Å². The molecular formula is C11H12O3. The fraction of sp³-hybridized carbons (Fsp3) is 0.273. The van der Waals surface area contributed by atoms with E-state index in [1.807, 2.05) is 13.8 Å². The summed E-state index contributed by atoms with van der Waals surface area (Å²) in [6.07, 6.45) is 0. The number of carboxylic acid groups (broad SMARTS) is 1. The summed E-state index contributed by atoms with van der Waals surface area (Å²) in [6, 6.07) is 6.65. The van der Waals surface area contributed by atoms with Crippen LogP contribution in [0.5, 0.6) is 0 Å². The Bertz CT molecular complexity index is 349. The van der Waals surface area contributed by atoms with Crippen molar-refractivity contribution >= 4 is 11.8 Å². The standard InChI is InChI=1S/C11H12O3/c1-7(2)8-3-5-9(6-4-8)10(12)11(13)14/h3-7H,1-2H3,(H,13,14). The van der Waals surface area contributed by atoms with Gasteiger partial charge in [-0.25, -0.2) is 4.79 Å². The van der Waals surface area contributed by atoms with Crippen molar-refractivity contribution in [3.05, 3.63) is 35.4 Å². The first-order valence-corrected chi connectivity index (χ1v) is 4.40. The molecule has 1 N–H and O–H groups in total. The molecule has 0 saturated carbocycles. The van der Waals surface area contributed by atoms with Crippen LogP contribution < -0.4 is 0 Å². The molecule has 0 radical (unpaired) electrons. The largest absolute Gasteiger partial charge is 0.475 e. The van der Waals surface area contributed by atoms with Gasteiger partial charge in [0.05, 0.1) is 0 Å². The van der Waals surface area contributed by atoms with Gasteiger partial charge in [-0.3, -0.25) is 4.79 Å². The lowest BCUT2D eigenvalue weighted by Gasteiger charge is -2.04. The lowest BCUT2D eigenvalue weighted by atomic mass is 10.0. The zero-order valence-electron chi connectivity index (χ0n) is 8.15. The zero-order chi connectivity index (χ0) is 10.7. The van der Waals surface area contributed by atoms with Gasteiger partial charge in [0.25, 0.3) is 5.78 Å². The summed E-state index contributed by atoms with van der Waals surface area (Å²) in [7, 11) is 0. The lowest BCUT2D eigenvalue weighted by molar-refractivity contribution is -0.131. The van der Waals surface area contributed by atoms with E-state index in [0.29, 0.717) is 5.92 Å². The second-order valence-electron chi connectivity index (χ2n) is 3.41. The number of carbonyl (C=O) groups is 2. The van der Waals surface area contributed by atoms with Crippen molar-refractivity contribution < 1.29 is 14.7 Å². The number of benzene rings is 1. The molecule has 0 unspecified atom stereocenters. The highest BCUT2D eigenvalue weighted by atomic mass is 16.4. The van der Waals surface area contributed by atoms with Gasteiger partial charge in [-0.15, -0.1) is 0 Å². The summed E-state index contributed by atoms with van der Waals surface area (Å²) < 4.78 is 0. The molecule has 1 rings (SSSR count). The average molecular weight is 192 g/mol. The van der Waals surface area contributed by atoms with Crippen LogP contribution in [0.1, 0.15) is 35.7 Å². The van der Waals surface area contributed by atoms with E-state index < -0.39 is 11.8 Å². The van der Waals surface area contributed by atoms with Gasteiger partial charge in [0.15, 0.2) is 0 Å². The Morgan fingerprint density at radius 1 is 1.14 bits per heavy atom. The molecule has 0 saturated heterocycles. The van der Waals surface area contributed by atoms with Gasteiger partial charge in [-0.1, -0.05) is 38.1 Å². The smallest absolute Gasteiger partial charge is 0.377 e. The van der Waals surface area contributed by atoms with Gasteiger partial charge in [-0.05, 0) is 11.5 Å². The number of carbonyl (C=O) groups excluding carboxylic acids is 1. The summed E-state index contributed by atoms with van der Waals surface area (Å²) in [4.78, 5) is 21.4. The molecule has 0 aliphatic carbocycles. The molecule has 0 spiro atoms. The number of carboxylic acids is 1. The molecule has 0 amide bonds. The second kappa shape index (κ2) is 4.05. The molecule has 0 bridgehead atoms. The lowest BCUT2D eigenvalue weighted by Crippen LogP contribution is -2.12. The summed E-state index contributed by atoms with van der Waals surface area (Å²) >= 11 is 0.